The average Bonchev–Trinajstić information content (AvgIpc) is 3.67. The van der Waals surface area contributed by atoms with Gasteiger partial charge in [0.1, 0.15) is 5.82 Å². The van der Waals surface area contributed by atoms with Crippen LogP contribution in [0.15, 0.2) is 18.5 Å². The normalized spacial score (nSPS) is 31.7. The van der Waals surface area contributed by atoms with Gasteiger partial charge in [0.15, 0.2) is 5.65 Å². The monoisotopic (exact) mass is 425 g/mol. The van der Waals surface area contributed by atoms with E-state index in [1.165, 1.54) is 24.4 Å². The minimum absolute atomic E-state index is 0.0361. The number of imidazole rings is 1. The van der Waals surface area contributed by atoms with Crippen LogP contribution >= 0.6 is 0 Å². The molecule has 0 spiro atoms. The molecule has 5 aliphatic carbocycles. The Morgan fingerprint density at radius 2 is 1.77 bits per heavy atom. The lowest BCUT2D eigenvalue weighted by Gasteiger charge is -2.52. The summed E-state index contributed by atoms with van der Waals surface area (Å²) in [7, 11) is -3.16. The van der Waals surface area contributed by atoms with Crippen molar-refractivity contribution in [3.05, 3.63) is 30.0 Å². The van der Waals surface area contributed by atoms with E-state index in [1.807, 2.05) is 12.4 Å². The second kappa shape index (κ2) is 5.65. The van der Waals surface area contributed by atoms with Crippen LogP contribution in [0.5, 0.6) is 0 Å². The zero-order valence-electron chi connectivity index (χ0n) is 17.0. The first kappa shape index (κ1) is 17.7. The minimum Gasteiger partial charge on any atom is -0.345 e. The molecule has 0 atom stereocenters. The highest BCUT2D eigenvalue weighted by Gasteiger charge is 2.54. The highest BCUT2D eigenvalue weighted by atomic mass is 32.2. The average molecular weight is 426 g/mol. The number of hydrogen-bond acceptors (Lipinski definition) is 4. The van der Waals surface area contributed by atoms with E-state index in [9.17, 15) is 8.42 Å². The summed E-state index contributed by atoms with van der Waals surface area (Å²) in [5.41, 5.74) is 4.18. The molecule has 30 heavy (non-hydrogen) atoms. The highest BCUT2D eigenvalue weighted by molar-refractivity contribution is 7.90. The maximum atomic E-state index is 12.6. The molecular formula is C22H27N5O2S. The van der Waals surface area contributed by atoms with Crippen molar-refractivity contribution < 1.29 is 8.42 Å². The van der Waals surface area contributed by atoms with Crippen LogP contribution in [0.4, 0.5) is 0 Å². The SMILES string of the molecule is O=S(=O)(NC12CCC(c3nc(C4CC4)c4cnc5[nH]ccc5n34)(CC1)CC2)C1CC1. The zero-order valence-corrected chi connectivity index (χ0v) is 17.8. The lowest BCUT2D eigenvalue weighted by Crippen LogP contribution is -2.58. The van der Waals surface area contributed by atoms with Gasteiger partial charge in [-0.1, -0.05) is 0 Å². The summed E-state index contributed by atoms with van der Waals surface area (Å²) in [5, 5.41) is -0.146. The Hall–Kier alpha value is -1.93. The van der Waals surface area contributed by atoms with E-state index < -0.39 is 10.0 Å². The van der Waals surface area contributed by atoms with Crippen molar-refractivity contribution in [2.24, 2.45) is 0 Å². The van der Waals surface area contributed by atoms with E-state index in [0.717, 1.165) is 68.0 Å². The van der Waals surface area contributed by atoms with Crippen LogP contribution < -0.4 is 4.72 Å². The Balaban J connectivity index is 1.30. The molecule has 0 aromatic carbocycles. The fourth-order valence-corrected chi connectivity index (χ4v) is 7.86. The third kappa shape index (κ3) is 2.43. The molecule has 5 fully saturated rings. The second-order valence-electron chi connectivity index (χ2n) is 10.2. The Bertz CT molecular complexity index is 1260. The van der Waals surface area contributed by atoms with Crippen molar-refractivity contribution >= 4 is 26.7 Å². The summed E-state index contributed by atoms with van der Waals surface area (Å²) in [4.78, 5) is 13.2. The number of sulfonamides is 1. The van der Waals surface area contributed by atoms with Gasteiger partial charge in [0.2, 0.25) is 10.0 Å². The molecule has 5 aliphatic rings. The maximum Gasteiger partial charge on any atom is 0.214 e. The molecule has 5 saturated carbocycles. The number of nitrogens with zero attached hydrogens (tertiary/aromatic N) is 3. The highest BCUT2D eigenvalue weighted by Crippen LogP contribution is 2.55. The topological polar surface area (TPSA) is 92.2 Å². The Labute approximate surface area is 175 Å². The molecule has 158 valence electrons. The zero-order chi connectivity index (χ0) is 20.1. The van der Waals surface area contributed by atoms with Gasteiger partial charge >= 0.3 is 0 Å². The fraction of sp³-hybridized carbons (Fsp3) is 0.636. The minimum atomic E-state index is -3.16. The van der Waals surface area contributed by atoms with Crippen molar-refractivity contribution in [3.63, 3.8) is 0 Å². The molecule has 8 rings (SSSR count). The van der Waals surface area contributed by atoms with Crippen molar-refractivity contribution in [3.8, 4) is 0 Å². The van der Waals surface area contributed by atoms with Crippen molar-refractivity contribution in [1.82, 2.24) is 24.1 Å². The molecule has 0 amide bonds. The maximum absolute atomic E-state index is 12.6. The molecule has 7 nitrogen and oxygen atoms in total. The standard InChI is InChI=1S/C22H27N5O2S/c28-30(29,15-3-4-15)26-22-9-6-21(7-10-22,8-11-22)20-25-18(14-1-2-14)17-13-24-19-16(27(17)20)5-12-23-19/h5,12-15,23,26H,1-4,6-11H2. The third-order valence-corrected chi connectivity index (χ3v) is 10.3. The van der Waals surface area contributed by atoms with Gasteiger partial charge in [-0.05, 0) is 70.3 Å². The third-order valence-electron chi connectivity index (χ3n) is 8.21. The smallest absolute Gasteiger partial charge is 0.214 e. The molecule has 3 aromatic rings. The van der Waals surface area contributed by atoms with E-state index in [2.05, 4.69) is 25.2 Å². The van der Waals surface area contributed by atoms with Crippen molar-refractivity contribution in [2.45, 2.75) is 86.3 Å². The molecule has 0 radical (unpaired) electrons. The number of fused-ring (bicyclic) bond motifs is 6. The lowest BCUT2D eigenvalue weighted by atomic mass is 9.57. The van der Waals surface area contributed by atoms with Crippen LogP contribution in [0, 0.1) is 0 Å². The van der Waals surface area contributed by atoms with E-state index in [4.69, 9.17) is 4.98 Å². The second-order valence-corrected chi connectivity index (χ2v) is 12.2. The summed E-state index contributed by atoms with van der Waals surface area (Å²) in [5.74, 6) is 1.75. The van der Waals surface area contributed by atoms with Crippen LogP contribution in [0.3, 0.4) is 0 Å². The van der Waals surface area contributed by atoms with Gasteiger partial charge in [0.25, 0.3) is 0 Å². The molecule has 0 aliphatic heterocycles. The van der Waals surface area contributed by atoms with Gasteiger partial charge in [0.05, 0.1) is 28.2 Å². The van der Waals surface area contributed by atoms with Crippen LogP contribution in [0.2, 0.25) is 0 Å². The van der Waals surface area contributed by atoms with Crippen LogP contribution in [-0.2, 0) is 15.4 Å². The van der Waals surface area contributed by atoms with Crippen LogP contribution in [0.25, 0.3) is 16.7 Å². The quantitative estimate of drug-likeness (QED) is 0.654. The Morgan fingerprint density at radius 3 is 2.43 bits per heavy atom. The molecule has 3 aromatic heterocycles. The largest absolute Gasteiger partial charge is 0.345 e. The summed E-state index contributed by atoms with van der Waals surface area (Å²) >= 11 is 0. The number of rotatable bonds is 5. The Morgan fingerprint density at radius 1 is 1.03 bits per heavy atom. The first-order valence-electron chi connectivity index (χ1n) is 11.4. The molecule has 3 heterocycles. The predicted molar refractivity (Wildman–Crippen MR) is 114 cm³/mol. The fourth-order valence-electron chi connectivity index (χ4n) is 6.03. The van der Waals surface area contributed by atoms with Gasteiger partial charge < -0.3 is 4.98 Å². The summed E-state index contributed by atoms with van der Waals surface area (Å²) in [6.45, 7) is 0. The molecule has 8 heteroatoms. The van der Waals surface area contributed by atoms with Gasteiger partial charge in [-0.3, -0.25) is 4.40 Å². The molecular weight excluding hydrogens is 398 g/mol. The first-order valence-corrected chi connectivity index (χ1v) is 12.9. The van der Waals surface area contributed by atoms with E-state index >= 15 is 0 Å². The summed E-state index contributed by atoms with van der Waals surface area (Å²) in [6.07, 6.45) is 13.7. The molecule has 2 bridgehead atoms. The van der Waals surface area contributed by atoms with Crippen molar-refractivity contribution in [1.29, 1.82) is 0 Å². The van der Waals surface area contributed by atoms with E-state index in [1.54, 1.807) is 0 Å². The number of aromatic amines is 1. The molecule has 0 saturated heterocycles. The van der Waals surface area contributed by atoms with Crippen LogP contribution in [0.1, 0.15) is 81.6 Å². The first-order chi connectivity index (χ1) is 14.5. The van der Waals surface area contributed by atoms with Gasteiger partial charge in [-0.2, -0.15) is 0 Å². The molecule has 2 N–H and O–H groups in total. The van der Waals surface area contributed by atoms with Crippen LogP contribution in [-0.4, -0.2) is 38.6 Å². The summed E-state index contributed by atoms with van der Waals surface area (Å²) in [6, 6.07) is 2.10. The lowest BCUT2D eigenvalue weighted by molar-refractivity contribution is 0.0885. The molecule has 0 unspecified atom stereocenters. The predicted octanol–water partition coefficient (Wildman–Crippen LogP) is 3.51. The summed E-state index contributed by atoms with van der Waals surface area (Å²) < 4.78 is 30.8. The van der Waals surface area contributed by atoms with E-state index in [-0.39, 0.29) is 16.2 Å². The number of nitrogens with one attached hydrogen (secondary N) is 2. The number of H-pyrrole nitrogens is 1. The number of aromatic nitrogens is 4. The van der Waals surface area contributed by atoms with Crippen molar-refractivity contribution in [2.75, 3.05) is 0 Å². The number of hydrogen-bond donors (Lipinski definition) is 2. The van der Waals surface area contributed by atoms with Gasteiger partial charge in [-0.25, -0.2) is 23.1 Å². The van der Waals surface area contributed by atoms with Gasteiger partial charge in [-0.15, -0.1) is 0 Å². The Kier molecular flexibility index (Phi) is 3.34. The van der Waals surface area contributed by atoms with Gasteiger partial charge in [0, 0.05) is 23.1 Å². The van der Waals surface area contributed by atoms with E-state index in [0.29, 0.717) is 5.92 Å².